The molecule has 0 radical (unpaired) electrons. The Bertz CT molecular complexity index is 253. The third-order valence-corrected chi connectivity index (χ3v) is 1.69. The van der Waals surface area contributed by atoms with Gasteiger partial charge in [-0.15, -0.1) is 0 Å². The van der Waals surface area contributed by atoms with Crippen molar-refractivity contribution in [2.75, 3.05) is 0 Å². The molecule has 1 unspecified atom stereocenters. The minimum absolute atomic E-state index is 0.371. The molecule has 0 aromatic heterocycles. The predicted molar refractivity (Wildman–Crippen MR) is 58.7 cm³/mol. The third-order valence-electron chi connectivity index (χ3n) is 1.69. The second-order valence-corrected chi connectivity index (χ2v) is 3.08. The molecule has 0 aliphatic carbocycles. The normalized spacial score (nSPS) is 12.1. The SMILES string of the molecule is C=CC(=O)O.CCC(C)C=C(C)C(=O)O. The van der Waals surface area contributed by atoms with E-state index < -0.39 is 11.9 Å². The van der Waals surface area contributed by atoms with E-state index in [0.29, 0.717) is 11.5 Å². The maximum atomic E-state index is 10.3. The van der Waals surface area contributed by atoms with E-state index in [0.717, 1.165) is 12.5 Å². The van der Waals surface area contributed by atoms with Crippen LogP contribution < -0.4 is 0 Å². The van der Waals surface area contributed by atoms with Gasteiger partial charge >= 0.3 is 11.9 Å². The van der Waals surface area contributed by atoms with Gasteiger partial charge in [-0.2, -0.15) is 0 Å². The van der Waals surface area contributed by atoms with E-state index in [2.05, 4.69) is 6.58 Å². The summed E-state index contributed by atoms with van der Waals surface area (Å²) in [4.78, 5) is 19.5. The predicted octanol–water partition coefficient (Wildman–Crippen LogP) is 2.32. The van der Waals surface area contributed by atoms with Crippen LogP contribution in [0.5, 0.6) is 0 Å². The first-order chi connectivity index (χ1) is 6.84. The molecule has 0 rings (SSSR count). The summed E-state index contributed by atoms with van der Waals surface area (Å²) in [6, 6.07) is 0. The largest absolute Gasteiger partial charge is 0.478 e. The van der Waals surface area contributed by atoms with Crippen LogP contribution in [-0.2, 0) is 9.59 Å². The molecular weight excluding hydrogens is 196 g/mol. The van der Waals surface area contributed by atoms with E-state index in [1.54, 1.807) is 13.0 Å². The molecule has 0 aliphatic rings. The average Bonchev–Trinajstić information content (AvgIpc) is 2.18. The highest BCUT2D eigenvalue weighted by atomic mass is 16.4. The summed E-state index contributed by atoms with van der Waals surface area (Å²) in [5, 5.41) is 16.1. The summed E-state index contributed by atoms with van der Waals surface area (Å²) in [5.41, 5.74) is 0.439. The molecule has 0 amide bonds. The highest BCUT2D eigenvalue weighted by molar-refractivity contribution is 5.85. The highest BCUT2D eigenvalue weighted by Crippen LogP contribution is 2.06. The van der Waals surface area contributed by atoms with E-state index in [4.69, 9.17) is 10.2 Å². The summed E-state index contributed by atoms with van der Waals surface area (Å²) in [5.74, 6) is -1.43. The van der Waals surface area contributed by atoms with Gasteiger partial charge in [0.2, 0.25) is 0 Å². The molecule has 4 heteroatoms. The van der Waals surface area contributed by atoms with Crippen LogP contribution in [0.15, 0.2) is 24.3 Å². The van der Waals surface area contributed by atoms with Crippen molar-refractivity contribution < 1.29 is 19.8 Å². The fourth-order valence-corrected chi connectivity index (χ4v) is 0.616. The monoisotopic (exact) mass is 214 g/mol. The number of hydrogen-bond acceptors (Lipinski definition) is 2. The lowest BCUT2D eigenvalue weighted by molar-refractivity contribution is -0.133. The van der Waals surface area contributed by atoms with Crippen molar-refractivity contribution in [3.05, 3.63) is 24.3 Å². The Labute approximate surface area is 89.9 Å². The van der Waals surface area contributed by atoms with Crippen molar-refractivity contribution in [3.63, 3.8) is 0 Å². The molecule has 15 heavy (non-hydrogen) atoms. The van der Waals surface area contributed by atoms with Gasteiger partial charge in [-0.25, -0.2) is 9.59 Å². The van der Waals surface area contributed by atoms with Crippen molar-refractivity contribution in [1.82, 2.24) is 0 Å². The Morgan fingerprint density at radius 3 is 2.00 bits per heavy atom. The molecule has 0 aromatic rings. The van der Waals surface area contributed by atoms with E-state index in [9.17, 15) is 9.59 Å². The average molecular weight is 214 g/mol. The van der Waals surface area contributed by atoms with Gasteiger partial charge in [0, 0.05) is 11.6 Å². The molecule has 0 saturated carbocycles. The van der Waals surface area contributed by atoms with Gasteiger partial charge in [-0.1, -0.05) is 32.9 Å². The maximum absolute atomic E-state index is 10.3. The summed E-state index contributed by atoms with van der Waals surface area (Å²) in [7, 11) is 0. The van der Waals surface area contributed by atoms with E-state index in [1.165, 1.54) is 0 Å². The minimum Gasteiger partial charge on any atom is -0.478 e. The van der Waals surface area contributed by atoms with E-state index in [-0.39, 0.29) is 0 Å². The Balaban J connectivity index is 0. The van der Waals surface area contributed by atoms with Crippen molar-refractivity contribution in [2.45, 2.75) is 27.2 Å². The quantitative estimate of drug-likeness (QED) is 0.704. The first kappa shape index (κ1) is 15.9. The van der Waals surface area contributed by atoms with Crippen LogP contribution in [0.25, 0.3) is 0 Å². The second kappa shape index (κ2) is 8.99. The second-order valence-electron chi connectivity index (χ2n) is 3.08. The fourth-order valence-electron chi connectivity index (χ4n) is 0.616. The number of carboxylic acids is 2. The highest BCUT2D eigenvalue weighted by Gasteiger charge is 2.01. The first-order valence-corrected chi connectivity index (χ1v) is 4.62. The maximum Gasteiger partial charge on any atom is 0.330 e. The Morgan fingerprint density at radius 2 is 1.80 bits per heavy atom. The number of allylic oxidation sites excluding steroid dienone is 1. The molecule has 0 aromatic carbocycles. The number of carbonyl (C=O) groups is 2. The van der Waals surface area contributed by atoms with Gasteiger partial charge in [0.15, 0.2) is 0 Å². The van der Waals surface area contributed by atoms with Gasteiger partial charge < -0.3 is 10.2 Å². The van der Waals surface area contributed by atoms with Crippen LogP contribution >= 0.6 is 0 Å². The van der Waals surface area contributed by atoms with E-state index in [1.807, 2.05) is 13.8 Å². The lowest BCUT2D eigenvalue weighted by Crippen LogP contribution is -1.98. The Morgan fingerprint density at radius 1 is 1.40 bits per heavy atom. The lowest BCUT2D eigenvalue weighted by atomic mass is 10.1. The number of hydrogen-bond donors (Lipinski definition) is 2. The molecule has 2 N–H and O–H groups in total. The zero-order chi connectivity index (χ0) is 12.4. The summed E-state index contributed by atoms with van der Waals surface area (Å²) < 4.78 is 0. The van der Waals surface area contributed by atoms with Gasteiger partial charge in [-0.05, 0) is 12.8 Å². The standard InChI is InChI=1S/C8H14O2.C3H4O2/c1-4-6(2)5-7(3)8(9)10;1-2-3(4)5/h5-6H,4H2,1-3H3,(H,9,10);2H,1H2,(H,4,5). The molecule has 0 spiro atoms. The van der Waals surface area contributed by atoms with Crippen LogP contribution in [-0.4, -0.2) is 22.2 Å². The van der Waals surface area contributed by atoms with Crippen molar-refractivity contribution in [3.8, 4) is 0 Å². The smallest absolute Gasteiger partial charge is 0.330 e. The van der Waals surface area contributed by atoms with E-state index >= 15 is 0 Å². The van der Waals surface area contributed by atoms with Gasteiger partial charge in [0.05, 0.1) is 0 Å². The molecule has 0 aliphatic heterocycles. The molecule has 86 valence electrons. The topological polar surface area (TPSA) is 74.6 Å². The van der Waals surface area contributed by atoms with Crippen LogP contribution in [0.2, 0.25) is 0 Å². The molecular formula is C11H18O4. The number of carboxylic acid groups (broad SMARTS) is 2. The number of aliphatic carboxylic acids is 2. The molecule has 1 atom stereocenters. The minimum atomic E-state index is -0.981. The molecule has 0 bridgehead atoms. The third kappa shape index (κ3) is 12.4. The van der Waals surface area contributed by atoms with Crippen LogP contribution in [0.3, 0.4) is 0 Å². The molecule has 4 nitrogen and oxygen atoms in total. The Kier molecular flexibility index (Phi) is 9.52. The fraction of sp³-hybridized carbons (Fsp3) is 0.455. The summed E-state index contributed by atoms with van der Waals surface area (Å²) in [6.07, 6.45) is 3.60. The molecule has 0 heterocycles. The van der Waals surface area contributed by atoms with Crippen molar-refractivity contribution >= 4 is 11.9 Å². The zero-order valence-electron chi connectivity index (χ0n) is 9.36. The summed E-state index contributed by atoms with van der Waals surface area (Å²) in [6.45, 7) is 8.62. The molecule has 0 fully saturated rings. The van der Waals surface area contributed by atoms with Crippen LogP contribution in [0.4, 0.5) is 0 Å². The van der Waals surface area contributed by atoms with Gasteiger partial charge in [0.1, 0.15) is 0 Å². The zero-order valence-corrected chi connectivity index (χ0v) is 9.36. The first-order valence-electron chi connectivity index (χ1n) is 4.62. The lowest BCUT2D eigenvalue weighted by Gasteiger charge is -2.00. The van der Waals surface area contributed by atoms with Gasteiger partial charge in [-0.3, -0.25) is 0 Å². The van der Waals surface area contributed by atoms with Crippen LogP contribution in [0, 0.1) is 5.92 Å². The Hall–Kier alpha value is -1.58. The van der Waals surface area contributed by atoms with Crippen molar-refractivity contribution in [2.24, 2.45) is 5.92 Å². The van der Waals surface area contributed by atoms with Crippen molar-refractivity contribution in [1.29, 1.82) is 0 Å². The number of rotatable bonds is 4. The van der Waals surface area contributed by atoms with Crippen LogP contribution in [0.1, 0.15) is 27.2 Å². The molecule has 0 saturated heterocycles. The van der Waals surface area contributed by atoms with Gasteiger partial charge in [0.25, 0.3) is 0 Å². The summed E-state index contributed by atoms with van der Waals surface area (Å²) >= 11 is 0.